The summed E-state index contributed by atoms with van der Waals surface area (Å²) in [7, 11) is 0. The molecule has 0 atom stereocenters. The molecule has 0 saturated heterocycles. The van der Waals surface area contributed by atoms with Gasteiger partial charge in [0.15, 0.2) is 0 Å². The van der Waals surface area contributed by atoms with Gasteiger partial charge in [0.2, 0.25) is 0 Å². The number of carbonyl (C=O) groups is 1. The van der Waals surface area contributed by atoms with Gasteiger partial charge in [-0.05, 0) is 35.7 Å². The molecule has 2 N–H and O–H groups in total. The molecular formula is C15H12F3N3O. The normalized spacial score (nSPS) is 11.0. The minimum Gasteiger partial charge on any atom is -0.361 e. The van der Waals surface area contributed by atoms with Crippen molar-refractivity contribution in [1.82, 2.24) is 10.3 Å². The van der Waals surface area contributed by atoms with Gasteiger partial charge in [0.05, 0.1) is 11.6 Å². The van der Waals surface area contributed by atoms with Gasteiger partial charge < -0.3 is 10.3 Å². The van der Waals surface area contributed by atoms with Crippen molar-refractivity contribution in [1.29, 1.82) is 5.26 Å². The lowest BCUT2D eigenvalue weighted by Gasteiger charge is -2.06. The van der Waals surface area contributed by atoms with Gasteiger partial charge in [-0.3, -0.25) is 4.79 Å². The zero-order chi connectivity index (χ0) is 16.2. The van der Waals surface area contributed by atoms with E-state index in [1.165, 1.54) is 0 Å². The molecule has 0 unspecified atom stereocenters. The lowest BCUT2D eigenvalue weighted by molar-refractivity contribution is -0.173. The highest BCUT2D eigenvalue weighted by Crippen LogP contribution is 2.20. The Kier molecular flexibility index (Phi) is 4.51. The fourth-order valence-electron chi connectivity index (χ4n) is 1.90. The van der Waals surface area contributed by atoms with Crippen LogP contribution in [0, 0.1) is 11.3 Å². The van der Waals surface area contributed by atoms with Gasteiger partial charge in [-0.1, -0.05) is 12.1 Å². The molecule has 0 aliphatic rings. The number of halogens is 3. The van der Waals surface area contributed by atoms with Crippen molar-refractivity contribution in [3.63, 3.8) is 0 Å². The predicted octanol–water partition coefficient (Wildman–Crippen LogP) is 2.77. The van der Waals surface area contributed by atoms with E-state index in [4.69, 9.17) is 5.26 Å². The van der Waals surface area contributed by atoms with Gasteiger partial charge in [-0.25, -0.2) is 0 Å². The number of nitrogens with zero attached hydrogens (tertiary/aromatic N) is 1. The zero-order valence-electron chi connectivity index (χ0n) is 11.4. The van der Waals surface area contributed by atoms with Crippen LogP contribution in [0.5, 0.6) is 0 Å². The molecule has 0 saturated carbocycles. The summed E-state index contributed by atoms with van der Waals surface area (Å²) >= 11 is 0. The van der Waals surface area contributed by atoms with Crippen LogP contribution in [0.3, 0.4) is 0 Å². The fourth-order valence-corrected chi connectivity index (χ4v) is 1.90. The topological polar surface area (TPSA) is 68.7 Å². The highest BCUT2D eigenvalue weighted by Gasteiger charge is 2.38. The molecule has 2 rings (SSSR count). The maximum absolute atomic E-state index is 12.0. The number of hydrogen-bond acceptors (Lipinski definition) is 2. The second-order valence-electron chi connectivity index (χ2n) is 4.61. The summed E-state index contributed by atoms with van der Waals surface area (Å²) in [6, 6.07) is 10.7. The first-order valence-electron chi connectivity index (χ1n) is 6.43. The maximum Gasteiger partial charge on any atom is 0.471 e. The fraction of sp³-hybridized carbons (Fsp3) is 0.200. The molecule has 114 valence electrons. The van der Waals surface area contributed by atoms with Crippen LogP contribution in [0.25, 0.3) is 11.3 Å². The summed E-state index contributed by atoms with van der Waals surface area (Å²) in [5, 5.41) is 10.6. The second kappa shape index (κ2) is 6.35. The van der Waals surface area contributed by atoms with E-state index in [2.05, 4.69) is 4.98 Å². The van der Waals surface area contributed by atoms with Crippen LogP contribution >= 0.6 is 0 Å². The molecule has 1 aromatic heterocycles. The summed E-state index contributed by atoms with van der Waals surface area (Å²) in [5.74, 6) is -1.93. The van der Waals surface area contributed by atoms with Crippen LogP contribution in [-0.4, -0.2) is 23.6 Å². The molecule has 0 spiro atoms. The standard InChI is InChI=1S/C15H12F3N3O/c16-15(17,18)14(22)20-6-5-11-7-13(21-9-11)12-3-1-10(8-19)2-4-12/h1-4,7,9,21H,5-6H2,(H,20,22). The maximum atomic E-state index is 12.0. The molecule has 0 aliphatic carbocycles. The molecule has 0 radical (unpaired) electrons. The van der Waals surface area contributed by atoms with E-state index in [-0.39, 0.29) is 13.0 Å². The van der Waals surface area contributed by atoms with E-state index in [1.54, 1.807) is 36.5 Å². The molecule has 0 aliphatic heterocycles. The number of nitrogens with one attached hydrogen (secondary N) is 2. The van der Waals surface area contributed by atoms with E-state index in [0.29, 0.717) is 5.56 Å². The molecule has 1 heterocycles. The number of H-pyrrole nitrogens is 1. The summed E-state index contributed by atoms with van der Waals surface area (Å²) in [5.41, 5.74) is 2.98. The molecule has 0 fully saturated rings. The van der Waals surface area contributed by atoms with Crippen molar-refractivity contribution in [3.8, 4) is 17.3 Å². The summed E-state index contributed by atoms with van der Waals surface area (Å²) < 4.78 is 36.1. The van der Waals surface area contributed by atoms with Gasteiger partial charge in [0, 0.05) is 18.4 Å². The van der Waals surface area contributed by atoms with Crippen LogP contribution in [0.4, 0.5) is 13.2 Å². The minimum atomic E-state index is -4.86. The number of rotatable bonds is 4. The summed E-state index contributed by atoms with van der Waals surface area (Å²) in [6.45, 7) is -0.0942. The summed E-state index contributed by atoms with van der Waals surface area (Å²) in [6.07, 6.45) is -2.90. The van der Waals surface area contributed by atoms with Gasteiger partial charge >= 0.3 is 12.1 Å². The Morgan fingerprint density at radius 1 is 1.27 bits per heavy atom. The van der Waals surface area contributed by atoms with Crippen LogP contribution in [0.1, 0.15) is 11.1 Å². The van der Waals surface area contributed by atoms with Crippen molar-refractivity contribution in [2.45, 2.75) is 12.6 Å². The van der Waals surface area contributed by atoms with Crippen molar-refractivity contribution in [2.75, 3.05) is 6.54 Å². The Labute approximate surface area is 124 Å². The Morgan fingerprint density at radius 3 is 2.55 bits per heavy atom. The van der Waals surface area contributed by atoms with Crippen LogP contribution < -0.4 is 5.32 Å². The highest BCUT2D eigenvalue weighted by molar-refractivity contribution is 5.81. The van der Waals surface area contributed by atoms with Gasteiger partial charge in [0.1, 0.15) is 0 Å². The van der Waals surface area contributed by atoms with E-state index in [0.717, 1.165) is 16.8 Å². The molecule has 1 aromatic carbocycles. The number of benzene rings is 1. The Balaban J connectivity index is 1.94. The smallest absolute Gasteiger partial charge is 0.361 e. The Morgan fingerprint density at radius 2 is 1.95 bits per heavy atom. The number of nitriles is 1. The second-order valence-corrected chi connectivity index (χ2v) is 4.61. The number of aromatic nitrogens is 1. The third kappa shape index (κ3) is 3.88. The molecule has 7 heteroatoms. The van der Waals surface area contributed by atoms with Gasteiger partial charge in [0.25, 0.3) is 0 Å². The first-order chi connectivity index (χ1) is 10.4. The van der Waals surface area contributed by atoms with Crippen molar-refractivity contribution < 1.29 is 18.0 Å². The molecular weight excluding hydrogens is 295 g/mol. The number of hydrogen-bond donors (Lipinski definition) is 2. The molecule has 22 heavy (non-hydrogen) atoms. The Bertz CT molecular complexity index is 696. The first-order valence-corrected chi connectivity index (χ1v) is 6.43. The third-order valence-corrected chi connectivity index (χ3v) is 3.02. The number of aromatic amines is 1. The number of amides is 1. The van der Waals surface area contributed by atoms with E-state index in [1.807, 2.05) is 11.4 Å². The number of alkyl halides is 3. The highest BCUT2D eigenvalue weighted by atomic mass is 19.4. The van der Waals surface area contributed by atoms with E-state index < -0.39 is 12.1 Å². The van der Waals surface area contributed by atoms with Crippen molar-refractivity contribution >= 4 is 5.91 Å². The zero-order valence-corrected chi connectivity index (χ0v) is 11.4. The van der Waals surface area contributed by atoms with Crippen LogP contribution in [0.2, 0.25) is 0 Å². The summed E-state index contributed by atoms with van der Waals surface area (Å²) in [4.78, 5) is 13.7. The molecule has 0 bridgehead atoms. The van der Waals surface area contributed by atoms with Gasteiger partial charge in [-0.2, -0.15) is 18.4 Å². The van der Waals surface area contributed by atoms with Crippen LogP contribution in [0.15, 0.2) is 36.5 Å². The minimum absolute atomic E-state index is 0.0942. The Hall–Kier alpha value is -2.75. The first kappa shape index (κ1) is 15.6. The quantitative estimate of drug-likeness (QED) is 0.912. The van der Waals surface area contributed by atoms with Crippen molar-refractivity contribution in [3.05, 3.63) is 47.7 Å². The van der Waals surface area contributed by atoms with Crippen LogP contribution in [-0.2, 0) is 11.2 Å². The lowest BCUT2D eigenvalue weighted by Crippen LogP contribution is -2.37. The SMILES string of the molecule is N#Cc1ccc(-c2cc(CCNC(=O)C(F)(F)F)c[nH]2)cc1. The third-order valence-electron chi connectivity index (χ3n) is 3.02. The predicted molar refractivity (Wildman–Crippen MR) is 73.7 cm³/mol. The average Bonchev–Trinajstić information content (AvgIpc) is 2.95. The molecule has 2 aromatic rings. The number of carbonyl (C=O) groups excluding carboxylic acids is 1. The monoisotopic (exact) mass is 307 g/mol. The van der Waals surface area contributed by atoms with Gasteiger partial charge in [-0.15, -0.1) is 0 Å². The average molecular weight is 307 g/mol. The molecule has 4 nitrogen and oxygen atoms in total. The van der Waals surface area contributed by atoms with E-state index >= 15 is 0 Å². The lowest BCUT2D eigenvalue weighted by atomic mass is 10.1. The van der Waals surface area contributed by atoms with E-state index in [9.17, 15) is 18.0 Å². The largest absolute Gasteiger partial charge is 0.471 e. The molecule has 1 amide bonds. The van der Waals surface area contributed by atoms with Crippen molar-refractivity contribution in [2.24, 2.45) is 0 Å².